The van der Waals surface area contributed by atoms with E-state index >= 15 is 0 Å². The molecular formula is C10H21NOS. The van der Waals surface area contributed by atoms with Gasteiger partial charge in [-0.3, -0.25) is 4.79 Å². The molecule has 78 valence electrons. The van der Waals surface area contributed by atoms with Crippen molar-refractivity contribution < 1.29 is 4.79 Å². The lowest BCUT2D eigenvalue weighted by Gasteiger charge is -2.17. The molecule has 13 heavy (non-hydrogen) atoms. The van der Waals surface area contributed by atoms with E-state index < -0.39 is 0 Å². The number of rotatable bonds is 6. The lowest BCUT2D eigenvalue weighted by molar-refractivity contribution is -0.124. The number of amides is 1. The van der Waals surface area contributed by atoms with Crippen LogP contribution in [-0.4, -0.2) is 24.0 Å². The van der Waals surface area contributed by atoms with Crippen LogP contribution in [0, 0.1) is 5.92 Å². The minimum Gasteiger partial charge on any atom is -0.356 e. The predicted molar refractivity (Wildman–Crippen MR) is 60.1 cm³/mol. The van der Waals surface area contributed by atoms with Gasteiger partial charge in [-0.15, -0.1) is 0 Å². The third kappa shape index (κ3) is 5.19. The highest BCUT2D eigenvalue weighted by atomic mass is 32.2. The fourth-order valence-corrected chi connectivity index (χ4v) is 1.50. The van der Waals surface area contributed by atoms with Crippen molar-refractivity contribution in [1.82, 2.24) is 5.32 Å². The molecule has 1 N–H and O–H groups in total. The second kappa shape index (κ2) is 7.25. The summed E-state index contributed by atoms with van der Waals surface area (Å²) in [6.07, 6.45) is 4.25. The predicted octanol–water partition coefficient (Wildman–Crippen LogP) is 2.29. The number of thioether (sulfide) groups is 1. The molecule has 0 saturated carbocycles. The van der Waals surface area contributed by atoms with Crippen molar-refractivity contribution >= 4 is 17.7 Å². The van der Waals surface area contributed by atoms with E-state index in [4.69, 9.17) is 0 Å². The van der Waals surface area contributed by atoms with Gasteiger partial charge in [-0.1, -0.05) is 27.2 Å². The maximum atomic E-state index is 11.5. The third-order valence-corrected chi connectivity index (χ3v) is 3.47. The molecule has 0 rings (SSSR count). The topological polar surface area (TPSA) is 29.1 Å². The van der Waals surface area contributed by atoms with Crippen molar-refractivity contribution in [1.29, 1.82) is 0 Å². The molecule has 0 spiro atoms. The molecule has 0 aromatic carbocycles. The lowest BCUT2D eigenvalue weighted by Crippen LogP contribution is -2.34. The summed E-state index contributed by atoms with van der Waals surface area (Å²) in [5.74, 6) is 0.308. The molecule has 0 bridgehead atoms. The van der Waals surface area contributed by atoms with Crippen LogP contribution in [0.2, 0.25) is 0 Å². The first kappa shape index (κ1) is 12.8. The molecule has 0 saturated heterocycles. The van der Waals surface area contributed by atoms with Gasteiger partial charge in [0.1, 0.15) is 0 Å². The number of carbonyl (C=O) groups is 1. The molecule has 0 aromatic heterocycles. The average molecular weight is 203 g/mol. The highest BCUT2D eigenvalue weighted by Crippen LogP contribution is 2.15. The molecule has 0 aliphatic rings. The van der Waals surface area contributed by atoms with Gasteiger partial charge >= 0.3 is 0 Å². The molecule has 2 nitrogen and oxygen atoms in total. The molecule has 0 aliphatic carbocycles. The summed E-state index contributed by atoms with van der Waals surface area (Å²) in [5, 5.41) is 3.35. The number of hydrogen-bond acceptors (Lipinski definition) is 2. The van der Waals surface area contributed by atoms with E-state index in [2.05, 4.69) is 19.2 Å². The molecule has 1 amide bonds. The highest BCUT2D eigenvalue weighted by molar-refractivity contribution is 7.99. The van der Waals surface area contributed by atoms with Crippen molar-refractivity contribution in [3.63, 3.8) is 0 Å². The Balaban J connectivity index is 3.69. The summed E-state index contributed by atoms with van der Waals surface area (Å²) in [6.45, 7) is 7.03. The van der Waals surface area contributed by atoms with E-state index in [1.165, 1.54) is 0 Å². The van der Waals surface area contributed by atoms with E-state index in [0.29, 0.717) is 5.25 Å². The standard InChI is InChI=1S/C10H21NOS/c1-5-6-7-11-10(12)8(2)9(3)13-4/h8-9H,5-7H2,1-4H3,(H,11,12). The van der Waals surface area contributed by atoms with E-state index in [9.17, 15) is 4.79 Å². The zero-order chi connectivity index (χ0) is 10.3. The number of hydrogen-bond donors (Lipinski definition) is 1. The van der Waals surface area contributed by atoms with Crippen LogP contribution >= 0.6 is 11.8 Å². The first-order valence-electron chi connectivity index (χ1n) is 4.94. The van der Waals surface area contributed by atoms with Gasteiger partial charge in [0.05, 0.1) is 0 Å². The molecule has 0 aromatic rings. The fraction of sp³-hybridized carbons (Fsp3) is 0.900. The van der Waals surface area contributed by atoms with Crippen molar-refractivity contribution in [3.8, 4) is 0 Å². The summed E-state index contributed by atoms with van der Waals surface area (Å²) < 4.78 is 0. The second-order valence-corrected chi connectivity index (χ2v) is 4.59. The van der Waals surface area contributed by atoms with Gasteiger partial charge in [0.25, 0.3) is 0 Å². The monoisotopic (exact) mass is 203 g/mol. The summed E-state index contributed by atoms with van der Waals surface area (Å²) >= 11 is 1.74. The van der Waals surface area contributed by atoms with Crippen molar-refractivity contribution in [2.45, 2.75) is 38.9 Å². The highest BCUT2D eigenvalue weighted by Gasteiger charge is 2.18. The molecule has 3 heteroatoms. The normalized spacial score (nSPS) is 15.1. The Morgan fingerprint density at radius 2 is 2.08 bits per heavy atom. The van der Waals surface area contributed by atoms with E-state index in [1.807, 2.05) is 13.2 Å². The Morgan fingerprint density at radius 3 is 2.54 bits per heavy atom. The summed E-state index contributed by atoms with van der Waals surface area (Å²) in [4.78, 5) is 11.5. The van der Waals surface area contributed by atoms with Gasteiger partial charge in [0.2, 0.25) is 5.91 Å². The number of unbranched alkanes of at least 4 members (excludes halogenated alkanes) is 1. The van der Waals surface area contributed by atoms with Crippen LogP contribution in [0.4, 0.5) is 0 Å². The van der Waals surface area contributed by atoms with Crippen LogP contribution in [0.5, 0.6) is 0 Å². The SMILES string of the molecule is CCCCNC(=O)C(C)C(C)SC. The van der Waals surface area contributed by atoms with Crippen molar-refractivity contribution in [2.24, 2.45) is 5.92 Å². The molecule has 2 atom stereocenters. The summed E-state index contributed by atoms with van der Waals surface area (Å²) in [6, 6.07) is 0. The van der Waals surface area contributed by atoms with Crippen molar-refractivity contribution in [2.75, 3.05) is 12.8 Å². The van der Waals surface area contributed by atoms with Crippen LogP contribution in [-0.2, 0) is 4.79 Å². The molecule has 0 radical (unpaired) electrons. The molecule has 0 fully saturated rings. The summed E-state index contributed by atoms with van der Waals surface area (Å²) in [5.41, 5.74) is 0. The minimum absolute atomic E-state index is 0.117. The van der Waals surface area contributed by atoms with Gasteiger partial charge in [-0.05, 0) is 12.7 Å². The van der Waals surface area contributed by atoms with Crippen LogP contribution in [0.25, 0.3) is 0 Å². The van der Waals surface area contributed by atoms with Crippen LogP contribution in [0.15, 0.2) is 0 Å². The lowest BCUT2D eigenvalue weighted by atomic mass is 10.1. The third-order valence-electron chi connectivity index (χ3n) is 2.32. The van der Waals surface area contributed by atoms with Crippen LogP contribution in [0.3, 0.4) is 0 Å². The van der Waals surface area contributed by atoms with Crippen molar-refractivity contribution in [3.05, 3.63) is 0 Å². The van der Waals surface area contributed by atoms with Gasteiger partial charge in [-0.25, -0.2) is 0 Å². The van der Waals surface area contributed by atoms with E-state index in [-0.39, 0.29) is 11.8 Å². The zero-order valence-corrected chi connectivity index (χ0v) is 9.91. The van der Waals surface area contributed by atoms with E-state index in [0.717, 1.165) is 19.4 Å². The quantitative estimate of drug-likeness (QED) is 0.671. The minimum atomic E-state index is 0.117. The Kier molecular flexibility index (Phi) is 7.14. The Morgan fingerprint density at radius 1 is 1.46 bits per heavy atom. The molecule has 0 aliphatic heterocycles. The average Bonchev–Trinajstić information content (AvgIpc) is 2.15. The van der Waals surface area contributed by atoms with Crippen LogP contribution in [0.1, 0.15) is 33.6 Å². The summed E-state index contributed by atoms with van der Waals surface area (Å²) in [7, 11) is 0. The largest absolute Gasteiger partial charge is 0.356 e. The maximum absolute atomic E-state index is 11.5. The molecule has 0 heterocycles. The number of nitrogens with one attached hydrogen (secondary N) is 1. The van der Waals surface area contributed by atoms with Gasteiger partial charge in [0, 0.05) is 17.7 Å². The fourth-order valence-electron chi connectivity index (χ4n) is 0.967. The van der Waals surface area contributed by atoms with Crippen LogP contribution < -0.4 is 5.32 Å². The Labute approximate surface area is 85.9 Å². The number of carbonyl (C=O) groups excluding carboxylic acids is 1. The van der Waals surface area contributed by atoms with Gasteiger partial charge in [0.15, 0.2) is 0 Å². The first-order valence-corrected chi connectivity index (χ1v) is 6.22. The van der Waals surface area contributed by atoms with E-state index in [1.54, 1.807) is 11.8 Å². The first-order chi connectivity index (χ1) is 6.13. The Bertz CT molecular complexity index is 150. The zero-order valence-electron chi connectivity index (χ0n) is 9.09. The molecular weight excluding hydrogens is 182 g/mol. The smallest absolute Gasteiger partial charge is 0.223 e. The maximum Gasteiger partial charge on any atom is 0.223 e. The molecule has 2 unspecified atom stereocenters. The van der Waals surface area contributed by atoms with Gasteiger partial charge < -0.3 is 5.32 Å². The second-order valence-electron chi connectivity index (χ2n) is 3.37. The van der Waals surface area contributed by atoms with Gasteiger partial charge in [-0.2, -0.15) is 11.8 Å². The Hall–Kier alpha value is -0.180.